The van der Waals surface area contributed by atoms with Crippen LogP contribution in [0.15, 0.2) is 34.4 Å². The van der Waals surface area contributed by atoms with Crippen molar-refractivity contribution < 1.29 is 0 Å². The summed E-state index contributed by atoms with van der Waals surface area (Å²) in [5.41, 5.74) is 5.75. The number of amidine groups is 1. The predicted octanol–water partition coefficient (Wildman–Crippen LogP) is 2.80. The SMILES string of the molecule is CC[C@@H]1CN=C(Nc2ccc(/C(C)=N\NC(=S)NC)cc2)S1. The lowest BCUT2D eigenvalue weighted by molar-refractivity contribution is 0.843. The Morgan fingerprint density at radius 1 is 1.41 bits per heavy atom. The number of thiocarbonyl (C=S) groups is 1. The number of rotatable bonds is 4. The molecule has 2 rings (SSSR count). The third-order valence-electron chi connectivity index (χ3n) is 3.28. The van der Waals surface area contributed by atoms with E-state index in [2.05, 4.69) is 33.1 Å². The molecule has 3 N–H and O–H groups in total. The standard InChI is InChI=1S/C15H21N5S2/c1-4-13-9-17-15(22-13)18-12-7-5-11(6-8-12)10(2)19-20-14(21)16-3/h5-8,13H,4,9H2,1-3H3,(H,17,18)(H2,16,20,21)/b19-10-/t13-/m1/s1. The number of thioether (sulfide) groups is 1. The fraction of sp³-hybridized carbons (Fsp3) is 0.400. The van der Waals surface area contributed by atoms with Crippen LogP contribution < -0.4 is 16.1 Å². The van der Waals surface area contributed by atoms with Crippen LogP contribution in [0, 0.1) is 0 Å². The Kier molecular flexibility index (Phi) is 6.21. The van der Waals surface area contributed by atoms with Gasteiger partial charge in [0.1, 0.15) is 0 Å². The maximum atomic E-state index is 4.99. The van der Waals surface area contributed by atoms with Gasteiger partial charge in [-0.25, -0.2) is 0 Å². The van der Waals surface area contributed by atoms with E-state index in [0.29, 0.717) is 10.4 Å². The molecular formula is C15H21N5S2. The number of hydrazone groups is 1. The normalized spacial score (nSPS) is 17.9. The molecule has 0 spiro atoms. The van der Waals surface area contributed by atoms with Gasteiger partial charge in [0.2, 0.25) is 0 Å². The van der Waals surface area contributed by atoms with Gasteiger partial charge in [-0.2, -0.15) is 5.10 Å². The zero-order valence-corrected chi connectivity index (χ0v) is 14.6. The lowest BCUT2D eigenvalue weighted by Gasteiger charge is -2.08. The van der Waals surface area contributed by atoms with Gasteiger partial charge in [0.25, 0.3) is 0 Å². The molecule has 0 amide bonds. The van der Waals surface area contributed by atoms with Gasteiger partial charge in [0.15, 0.2) is 10.3 Å². The molecule has 1 heterocycles. The molecule has 5 nitrogen and oxygen atoms in total. The molecule has 1 aromatic carbocycles. The lowest BCUT2D eigenvalue weighted by Crippen LogP contribution is -2.29. The van der Waals surface area contributed by atoms with Gasteiger partial charge >= 0.3 is 0 Å². The van der Waals surface area contributed by atoms with E-state index in [1.807, 2.05) is 43.0 Å². The quantitative estimate of drug-likeness (QED) is 0.449. The van der Waals surface area contributed by atoms with Crippen LogP contribution in [0.3, 0.4) is 0 Å². The Balaban J connectivity index is 1.94. The van der Waals surface area contributed by atoms with Gasteiger partial charge in [0, 0.05) is 18.0 Å². The monoisotopic (exact) mass is 335 g/mol. The van der Waals surface area contributed by atoms with E-state index in [1.165, 1.54) is 0 Å². The first-order valence-electron chi connectivity index (χ1n) is 7.23. The largest absolute Gasteiger partial charge is 0.364 e. The van der Waals surface area contributed by atoms with Crippen LogP contribution in [0.25, 0.3) is 0 Å². The minimum Gasteiger partial charge on any atom is -0.364 e. The van der Waals surface area contributed by atoms with Crippen molar-refractivity contribution in [1.29, 1.82) is 0 Å². The van der Waals surface area contributed by atoms with Crippen molar-refractivity contribution in [3.63, 3.8) is 0 Å². The number of anilines is 1. The summed E-state index contributed by atoms with van der Waals surface area (Å²) in [6, 6.07) is 8.13. The van der Waals surface area contributed by atoms with Crippen molar-refractivity contribution >= 4 is 45.7 Å². The van der Waals surface area contributed by atoms with Gasteiger partial charge in [0.05, 0.1) is 12.3 Å². The van der Waals surface area contributed by atoms with Crippen LogP contribution >= 0.6 is 24.0 Å². The summed E-state index contributed by atoms with van der Waals surface area (Å²) in [6.07, 6.45) is 1.15. The Bertz CT molecular complexity index is 580. The molecule has 0 aliphatic carbocycles. The van der Waals surface area contributed by atoms with Crippen molar-refractivity contribution in [2.75, 3.05) is 18.9 Å². The van der Waals surface area contributed by atoms with E-state index in [4.69, 9.17) is 12.2 Å². The number of hydrogen-bond donors (Lipinski definition) is 3. The van der Waals surface area contributed by atoms with Crippen molar-refractivity contribution in [3.05, 3.63) is 29.8 Å². The minimum atomic E-state index is 0.499. The van der Waals surface area contributed by atoms with Crippen LogP contribution in [-0.4, -0.2) is 34.8 Å². The molecule has 1 aliphatic rings. The molecule has 1 aliphatic heterocycles. The molecule has 118 valence electrons. The molecule has 0 saturated heterocycles. The van der Waals surface area contributed by atoms with Gasteiger partial charge in [-0.15, -0.1) is 0 Å². The predicted molar refractivity (Wildman–Crippen MR) is 101 cm³/mol. The molecule has 0 radical (unpaired) electrons. The van der Waals surface area contributed by atoms with E-state index in [1.54, 1.807) is 7.05 Å². The number of hydrogen-bond acceptors (Lipinski definition) is 5. The molecule has 0 fully saturated rings. The summed E-state index contributed by atoms with van der Waals surface area (Å²) in [6.45, 7) is 5.04. The topological polar surface area (TPSA) is 60.8 Å². The van der Waals surface area contributed by atoms with Crippen molar-refractivity contribution in [1.82, 2.24) is 10.7 Å². The Labute approximate surface area is 141 Å². The molecule has 0 bridgehead atoms. The molecule has 0 saturated carbocycles. The zero-order chi connectivity index (χ0) is 15.9. The molecule has 1 aromatic rings. The maximum absolute atomic E-state index is 4.99. The first-order chi connectivity index (χ1) is 10.6. The summed E-state index contributed by atoms with van der Waals surface area (Å²) in [4.78, 5) is 4.51. The van der Waals surface area contributed by atoms with E-state index >= 15 is 0 Å². The smallest absolute Gasteiger partial charge is 0.186 e. The first-order valence-corrected chi connectivity index (χ1v) is 8.51. The third-order valence-corrected chi connectivity index (χ3v) is 4.84. The third kappa shape index (κ3) is 4.71. The Morgan fingerprint density at radius 2 is 2.14 bits per heavy atom. The molecule has 1 atom stereocenters. The van der Waals surface area contributed by atoms with Crippen LogP contribution in [0.1, 0.15) is 25.8 Å². The average Bonchev–Trinajstić information content (AvgIpc) is 3.00. The van der Waals surface area contributed by atoms with Gasteiger partial charge in [-0.3, -0.25) is 10.4 Å². The number of benzene rings is 1. The highest BCUT2D eigenvalue weighted by Gasteiger charge is 2.17. The molecule has 22 heavy (non-hydrogen) atoms. The number of nitrogens with zero attached hydrogens (tertiary/aromatic N) is 2. The van der Waals surface area contributed by atoms with Crippen LogP contribution in [0.4, 0.5) is 5.69 Å². The number of nitrogens with one attached hydrogen (secondary N) is 3. The average molecular weight is 336 g/mol. The van der Waals surface area contributed by atoms with Crippen LogP contribution in [-0.2, 0) is 0 Å². The van der Waals surface area contributed by atoms with E-state index < -0.39 is 0 Å². The van der Waals surface area contributed by atoms with E-state index in [9.17, 15) is 0 Å². The van der Waals surface area contributed by atoms with E-state index in [-0.39, 0.29) is 0 Å². The molecule has 0 aromatic heterocycles. The van der Waals surface area contributed by atoms with E-state index in [0.717, 1.165) is 35.1 Å². The second-order valence-corrected chi connectivity index (χ2v) is 6.58. The summed E-state index contributed by atoms with van der Waals surface area (Å²) in [5, 5.41) is 12.5. The van der Waals surface area contributed by atoms with Crippen LogP contribution in [0.5, 0.6) is 0 Å². The summed E-state index contributed by atoms with van der Waals surface area (Å²) in [7, 11) is 1.76. The highest BCUT2D eigenvalue weighted by Crippen LogP contribution is 2.24. The van der Waals surface area contributed by atoms with Crippen molar-refractivity contribution in [2.45, 2.75) is 25.5 Å². The van der Waals surface area contributed by atoms with Gasteiger partial charge in [-0.1, -0.05) is 30.8 Å². The summed E-state index contributed by atoms with van der Waals surface area (Å²) >= 11 is 6.80. The Morgan fingerprint density at radius 3 is 2.73 bits per heavy atom. The number of aliphatic imine (C=N–C) groups is 1. The maximum Gasteiger partial charge on any atom is 0.186 e. The van der Waals surface area contributed by atoms with Gasteiger partial charge in [-0.05, 0) is 43.3 Å². The molecular weight excluding hydrogens is 314 g/mol. The molecule has 0 unspecified atom stereocenters. The van der Waals surface area contributed by atoms with Gasteiger partial charge < -0.3 is 10.6 Å². The molecule has 7 heteroatoms. The summed E-state index contributed by atoms with van der Waals surface area (Å²) < 4.78 is 0. The zero-order valence-electron chi connectivity index (χ0n) is 13.0. The minimum absolute atomic E-state index is 0.499. The van der Waals surface area contributed by atoms with Crippen LogP contribution in [0.2, 0.25) is 0 Å². The fourth-order valence-corrected chi connectivity index (χ4v) is 2.87. The second kappa shape index (κ2) is 8.14. The second-order valence-electron chi connectivity index (χ2n) is 4.88. The van der Waals surface area contributed by atoms with Crippen molar-refractivity contribution in [2.24, 2.45) is 10.1 Å². The fourth-order valence-electron chi connectivity index (χ4n) is 1.87. The lowest BCUT2D eigenvalue weighted by atomic mass is 10.1. The highest BCUT2D eigenvalue weighted by atomic mass is 32.2. The Hall–Kier alpha value is -1.60. The first kappa shape index (κ1) is 16.8. The summed E-state index contributed by atoms with van der Waals surface area (Å²) in [5.74, 6) is 0. The van der Waals surface area contributed by atoms with Crippen molar-refractivity contribution in [3.8, 4) is 0 Å². The highest BCUT2D eigenvalue weighted by molar-refractivity contribution is 8.15.